The van der Waals surface area contributed by atoms with Crippen LogP contribution in [0.15, 0.2) is 30.5 Å². The number of amides is 1. The molecule has 34 heavy (non-hydrogen) atoms. The second kappa shape index (κ2) is 9.66. The van der Waals surface area contributed by atoms with Crippen molar-refractivity contribution in [2.45, 2.75) is 33.2 Å². The SMILES string of the molecule is CCc1cccc([C@@H](C)Nc2nc(C)nc3cnc(P4(=O)CCN(C(=O)OC)CC4)cc23)c1F. The molecular weight excluding hydrogens is 456 g/mol. The topological polar surface area (TPSA) is 97.3 Å². The molecular formula is C24H29FN5O3P. The lowest BCUT2D eigenvalue weighted by Gasteiger charge is -2.31. The van der Waals surface area contributed by atoms with E-state index in [0.717, 1.165) is 0 Å². The lowest BCUT2D eigenvalue weighted by atomic mass is 10.0. The number of halogens is 1. The van der Waals surface area contributed by atoms with Crippen LogP contribution < -0.4 is 10.8 Å². The van der Waals surface area contributed by atoms with E-state index in [9.17, 15) is 13.8 Å². The van der Waals surface area contributed by atoms with Crippen LogP contribution in [0.3, 0.4) is 0 Å². The van der Waals surface area contributed by atoms with E-state index in [2.05, 4.69) is 20.3 Å². The number of rotatable bonds is 5. The predicted molar refractivity (Wildman–Crippen MR) is 131 cm³/mol. The molecule has 8 nitrogen and oxygen atoms in total. The van der Waals surface area contributed by atoms with Crippen molar-refractivity contribution in [1.29, 1.82) is 0 Å². The quantitative estimate of drug-likeness (QED) is 0.539. The third-order valence-corrected chi connectivity index (χ3v) is 9.23. The Kier molecular flexibility index (Phi) is 6.84. The van der Waals surface area contributed by atoms with Gasteiger partial charge in [-0.15, -0.1) is 0 Å². The minimum atomic E-state index is -2.80. The van der Waals surface area contributed by atoms with E-state index in [4.69, 9.17) is 4.74 Å². The summed E-state index contributed by atoms with van der Waals surface area (Å²) in [6, 6.07) is 6.84. The van der Waals surface area contributed by atoms with Gasteiger partial charge in [0, 0.05) is 36.4 Å². The lowest BCUT2D eigenvalue weighted by Crippen LogP contribution is -2.41. The number of carbonyl (C=O) groups excluding carboxylic acids is 1. The van der Waals surface area contributed by atoms with Crippen LogP contribution in [0.5, 0.6) is 0 Å². The fourth-order valence-electron chi connectivity index (χ4n) is 4.29. The van der Waals surface area contributed by atoms with Crippen molar-refractivity contribution >= 4 is 35.4 Å². The van der Waals surface area contributed by atoms with Crippen LogP contribution in [0.4, 0.5) is 15.0 Å². The van der Waals surface area contributed by atoms with Gasteiger partial charge in [-0.25, -0.2) is 19.2 Å². The molecule has 1 amide bonds. The van der Waals surface area contributed by atoms with Crippen molar-refractivity contribution < 1.29 is 18.5 Å². The van der Waals surface area contributed by atoms with Crippen LogP contribution in [0.25, 0.3) is 10.9 Å². The maximum absolute atomic E-state index is 14.9. The van der Waals surface area contributed by atoms with Crippen LogP contribution in [0, 0.1) is 12.7 Å². The molecule has 1 saturated heterocycles. The molecule has 0 radical (unpaired) electrons. The van der Waals surface area contributed by atoms with Gasteiger partial charge in [-0.3, -0.25) is 4.98 Å². The molecule has 0 unspecified atom stereocenters. The molecule has 10 heteroatoms. The van der Waals surface area contributed by atoms with Gasteiger partial charge < -0.3 is 19.5 Å². The number of nitrogens with zero attached hydrogens (tertiary/aromatic N) is 4. The molecule has 1 aliphatic heterocycles. The van der Waals surface area contributed by atoms with Crippen LogP contribution in [-0.4, -0.2) is 58.5 Å². The Balaban J connectivity index is 1.67. The Hall–Kier alpha value is -3.06. The Bertz CT molecular complexity index is 1270. The summed E-state index contributed by atoms with van der Waals surface area (Å²) in [6.07, 6.45) is 2.48. The molecule has 1 fully saturated rings. The summed E-state index contributed by atoms with van der Waals surface area (Å²) in [5.41, 5.74) is 2.33. The van der Waals surface area contributed by atoms with Gasteiger partial charge in [0.2, 0.25) is 0 Å². The van der Waals surface area contributed by atoms with Gasteiger partial charge in [-0.2, -0.15) is 0 Å². The van der Waals surface area contributed by atoms with Crippen molar-refractivity contribution in [3.8, 4) is 0 Å². The number of anilines is 1. The Labute approximate surface area is 198 Å². The maximum Gasteiger partial charge on any atom is 0.409 e. The van der Waals surface area contributed by atoms with Gasteiger partial charge >= 0.3 is 6.09 Å². The molecule has 1 atom stereocenters. The summed E-state index contributed by atoms with van der Waals surface area (Å²) < 4.78 is 33.4. The summed E-state index contributed by atoms with van der Waals surface area (Å²) in [4.78, 5) is 26.9. The van der Waals surface area contributed by atoms with Gasteiger partial charge in [0.1, 0.15) is 30.0 Å². The van der Waals surface area contributed by atoms with Gasteiger partial charge in [0.05, 0.1) is 24.9 Å². The van der Waals surface area contributed by atoms with E-state index in [1.54, 1.807) is 36.2 Å². The first-order valence-corrected chi connectivity index (χ1v) is 13.4. The second-order valence-corrected chi connectivity index (χ2v) is 11.6. The fourth-order valence-corrected chi connectivity index (χ4v) is 6.73. The number of ether oxygens (including phenoxy) is 1. The van der Waals surface area contributed by atoms with Crippen molar-refractivity contribution in [3.63, 3.8) is 0 Å². The highest BCUT2D eigenvalue weighted by atomic mass is 31.2. The zero-order valence-electron chi connectivity index (χ0n) is 19.8. The minimum absolute atomic E-state index is 0.218. The lowest BCUT2D eigenvalue weighted by molar-refractivity contribution is 0.127. The fraction of sp³-hybridized carbons (Fsp3) is 0.417. The summed E-state index contributed by atoms with van der Waals surface area (Å²) in [7, 11) is -1.47. The number of hydrogen-bond acceptors (Lipinski definition) is 7. The highest BCUT2D eigenvalue weighted by Crippen LogP contribution is 2.46. The number of carbonyl (C=O) groups is 1. The number of benzene rings is 1. The molecule has 4 rings (SSSR count). The molecule has 0 bridgehead atoms. The van der Waals surface area contributed by atoms with E-state index in [-0.39, 0.29) is 11.9 Å². The van der Waals surface area contributed by atoms with E-state index in [1.165, 1.54) is 7.11 Å². The Morgan fingerprint density at radius 1 is 1.29 bits per heavy atom. The minimum Gasteiger partial charge on any atom is -0.453 e. The molecule has 0 aliphatic carbocycles. The number of aromatic nitrogens is 3. The van der Waals surface area contributed by atoms with E-state index >= 15 is 0 Å². The normalized spacial score (nSPS) is 16.3. The van der Waals surface area contributed by atoms with Gasteiger partial charge in [-0.05, 0) is 31.9 Å². The van der Waals surface area contributed by atoms with Crippen LogP contribution >= 0.6 is 7.14 Å². The summed E-state index contributed by atoms with van der Waals surface area (Å²) in [6.45, 7) is 6.29. The highest BCUT2D eigenvalue weighted by Gasteiger charge is 2.34. The zero-order valence-corrected chi connectivity index (χ0v) is 20.7. The molecule has 1 aromatic carbocycles. The summed E-state index contributed by atoms with van der Waals surface area (Å²) in [5.74, 6) is 0.876. The third kappa shape index (κ3) is 4.62. The monoisotopic (exact) mass is 485 g/mol. The van der Waals surface area contributed by atoms with Crippen molar-refractivity contribution in [2.24, 2.45) is 0 Å². The van der Waals surface area contributed by atoms with Gasteiger partial charge in [0.15, 0.2) is 0 Å². The van der Waals surface area contributed by atoms with Gasteiger partial charge in [0.25, 0.3) is 0 Å². The molecule has 0 saturated carbocycles. The van der Waals surface area contributed by atoms with Gasteiger partial charge in [-0.1, -0.05) is 25.1 Å². The number of methoxy groups -OCH3 is 1. The van der Waals surface area contributed by atoms with Crippen LogP contribution in [-0.2, 0) is 15.7 Å². The van der Waals surface area contributed by atoms with E-state index < -0.39 is 13.2 Å². The molecule has 3 heterocycles. The first-order chi connectivity index (χ1) is 16.3. The van der Waals surface area contributed by atoms with Crippen molar-refractivity contribution in [1.82, 2.24) is 19.9 Å². The summed E-state index contributed by atoms with van der Waals surface area (Å²) in [5, 5.41) is 4.01. The summed E-state index contributed by atoms with van der Waals surface area (Å²) >= 11 is 0. The van der Waals surface area contributed by atoms with Crippen molar-refractivity contribution in [3.05, 3.63) is 53.2 Å². The average molecular weight is 486 g/mol. The molecule has 1 aliphatic rings. The van der Waals surface area contributed by atoms with Crippen LogP contribution in [0.2, 0.25) is 0 Å². The van der Waals surface area contributed by atoms with Crippen molar-refractivity contribution in [2.75, 3.05) is 37.8 Å². The number of fused-ring (bicyclic) bond motifs is 1. The zero-order chi connectivity index (χ0) is 24.5. The maximum atomic E-state index is 14.9. The molecule has 1 N–H and O–H groups in total. The highest BCUT2D eigenvalue weighted by molar-refractivity contribution is 7.71. The number of aryl methyl sites for hydroxylation is 2. The number of nitrogens with one attached hydrogen (secondary N) is 1. The molecule has 0 spiro atoms. The second-order valence-electron chi connectivity index (χ2n) is 8.51. The molecule has 3 aromatic rings. The first-order valence-electron chi connectivity index (χ1n) is 11.4. The Morgan fingerprint density at radius 2 is 2.03 bits per heavy atom. The standard InChI is InChI=1S/C24H29FN5O3P/c1-5-17-7-6-8-18(22(17)25)15(2)27-23-19-13-21(26-14-20(19)28-16(3)29-23)34(32)11-9-30(10-12-34)24(31)33-4/h6-8,13-15H,5,9-12H2,1-4H3,(H,27,28,29)/t15-/m1/s1. The first kappa shape index (κ1) is 24.1. The largest absolute Gasteiger partial charge is 0.453 e. The van der Waals surface area contributed by atoms with E-state index in [0.29, 0.717) is 70.9 Å². The predicted octanol–water partition coefficient (Wildman–Crippen LogP) is 4.28. The number of pyridine rings is 1. The van der Waals surface area contributed by atoms with Crippen LogP contribution in [0.1, 0.15) is 36.8 Å². The van der Waals surface area contributed by atoms with E-state index in [1.807, 2.05) is 19.9 Å². The third-order valence-electron chi connectivity index (χ3n) is 6.30. The molecule has 2 aromatic heterocycles. The molecule has 180 valence electrons. The smallest absolute Gasteiger partial charge is 0.409 e. The average Bonchev–Trinajstić information content (AvgIpc) is 2.83. The Morgan fingerprint density at radius 3 is 2.71 bits per heavy atom. The number of hydrogen-bond donors (Lipinski definition) is 1.